The first-order chi connectivity index (χ1) is 8.15. The topological polar surface area (TPSA) is 85.4 Å². The number of amides is 1. The first-order valence-corrected chi connectivity index (χ1v) is 5.12. The third kappa shape index (κ3) is 1.89. The number of carbonyl (C=O) groups excluding carboxylic acids is 3. The number of ketones is 1. The highest BCUT2D eigenvalue weighted by Crippen LogP contribution is 2.23. The molecular formula is C11H10N2O4. The molecule has 0 fully saturated rings. The molecule has 1 atom stereocenters. The largest absolute Gasteiger partial charge is 0.465 e. The zero-order chi connectivity index (χ0) is 12.4. The molecule has 0 aromatic carbocycles. The van der Waals surface area contributed by atoms with Crippen molar-refractivity contribution in [2.24, 2.45) is 5.92 Å². The number of Topliss-reactive ketones (excluding diaryl/α,β-unsaturated/α-hetero) is 1. The second-order valence-electron chi connectivity index (χ2n) is 3.44. The molecule has 1 aliphatic heterocycles. The molecule has 0 bridgehead atoms. The number of carbonyl (C=O) groups is 3. The Morgan fingerprint density at radius 2 is 2.29 bits per heavy atom. The van der Waals surface area contributed by atoms with Gasteiger partial charge in [0.1, 0.15) is 5.69 Å². The van der Waals surface area contributed by atoms with Crippen LogP contribution in [-0.2, 0) is 14.3 Å². The highest BCUT2D eigenvalue weighted by atomic mass is 16.5. The smallest absolute Gasteiger partial charge is 0.326 e. The van der Waals surface area contributed by atoms with Crippen LogP contribution >= 0.6 is 0 Å². The molecule has 1 aliphatic rings. The highest BCUT2D eigenvalue weighted by molar-refractivity contribution is 6.28. The molecule has 1 unspecified atom stereocenters. The first kappa shape index (κ1) is 11.3. The van der Waals surface area contributed by atoms with E-state index in [9.17, 15) is 14.4 Å². The van der Waals surface area contributed by atoms with Crippen LogP contribution < -0.4 is 5.32 Å². The molecule has 1 N–H and O–H groups in total. The third-order valence-electron chi connectivity index (χ3n) is 2.35. The van der Waals surface area contributed by atoms with Crippen molar-refractivity contribution in [1.82, 2.24) is 4.98 Å². The van der Waals surface area contributed by atoms with Crippen LogP contribution in [0.4, 0.5) is 5.69 Å². The SMILES string of the molecule is CCOC(=O)C1C(=O)Nc2cccnc2C1=O. The fourth-order valence-electron chi connectivity index (χ4n) is 1.60. The summed E-state index contributed by atoms with van der Waals surface area (Å²) in [5, 5.41) is 2.46. The third-order valence-corrected chi connectivity index (χ3v) is 2.35. The number of nitrogens with one attached hydrogen (secondary N) is 1. The minimum absolute atomic E-state index is 0.0881. The Balaban J connectivity index is 2.37. The first-order valence-electron chi connectivity index (χ1n) is 5.12. The predicted molar refractivity (Wildman–Crippen MR) is 57.3 cm³/mol. The number of ether oxygens (including phenoxy) is 1. The van der Waals surface area contributed by atoms with Gasteiger partial charge in [-0.25, -0.2) is 0 Å². The van der Waals surface area contributed by atoms with Gasteiger partial charge in [0, 0.05) is 6.20 Å². The second-order valence-corrected chi connectivity index (χ2v) is 3.44. The Morgan fingerprint density at radius 3 is 3.00 bits per heavy atom. The van der Waals surface area contributed by atoms with Crippen molar-refractivity contribution in [2.45, 2.75) is 6.92 Å². The van der Waals surface area contributed by atoms with Crippen molar-refractivity contribution < 1.29 is 19.1 Å². The van der Waals surface area contributed by atoms with Gasteiger partial charge in [0.2, 0.25) is 11.7 Å². The molecule has 2 rings (SSSR count). The van der Waals surface area contributed by atoms with E-state index in [2.05, 4.69) is 15.0 Å². The van der Waals surface area contributed by atoms with Crippen LogP contribution in [0.2, 0.25) is 0 Å². The Labute approximate surface area is 97.0 Å². The highest BCUT2D eigenvalue weighted by Gasteiger charge is 2.41. The average Bonchev–Trinajstić information content (AvgIpc) is 2.29. The fraction of sp³-hybridized carbons (Fsp3) is 0.273. The summed E-state index contributed by atoms with van der Waals surface area (Å²) >= 11 is 0. The molecule has 6 nitrogen and oxygen atoms in total. The lowest BCUT2D eigenvalue weighted by Crippen LogP contribution is -2.41. The van der Waals surface area contributed by atoms with Gasteiger partial charge in [-0.2, -0.15) is 0 Å². The lowest BCUT2D eigenvalue weighted by molar-refractivity contribution is -0.148. The van der Waals surface area contributed by atoms with E-state index in [1.54, 1.807) is 19.1 Å². The van der Waals surface area contributed by atoms with Crippen LogP contribution in [0.1, 0.15) is 17.4 Å². The van der Waals surface area contributed by atoms with Gasteiger partial charge < -0.3 is 10.1 Å². The summed E-state index contributed by atoms with van der Waals surface area (Å²) in [6.07, 6.45) is 1.43. The molecule has 0 saturated heterocycles. The molecule has 0 saturated carbocycles. The summed E-state index contributed by atoms with van der Waals surface area (Å²) in [4.78, 5) is 38.9. The van der Waals surface area contributed by atoms with Crippen LogP contribution in [0.5, 0.6) is 0 Å². The molecule has 88 valence electrons. The lowest BCUT2D eigenvalue weighted by Gasteiger charge is -2.20. The lowest BCUT2D eigenvalue weighted by atomic mass is 9.95. The number of nitrogens with zero attached hydrogens (tertiary/aromatic N) is 1. The summed E-state index contributed by atoms with van der Waals surface area (Å²) in [6, 6.07) is 3.15. The summed E-state index contributed by atoms with van der Waals surface area (Å²) in [5.74, 6) is -3.58. The van der Waals surface area contributed by atoms with E-state index in [1.807, 2.05) is 0 Å². The number of esters is 1. The Kier molecular flexibility index (Phi) is 2.86. The number of fused-ring (bicyclic) bond motifs is 1. The van der Waals surface area contributed by atoms with E-state index < -0.39 is 23.6 Å². The number of anilines is 1. The standard InChI is InChI=1S/C11H10N2O4/c1-2-17-11(16)7-9(14)8-6(13-10(7)15)4-3-5-12-8/h3-5,7H,2H2,1H3,(H,13,15). The normalized spacial score (nSPS) is 18.3. The van der Waals surface area contributed by atoms with Crippen LogP contribution in [0.25, 0.3) is 0 Å². The van der Waals surface area contributed by atoms with Gasteiger partial charge in [0.25, 0.3) is 0 Å². The second kappa shape index (κ2) is 4.32. The molecule has 0 aliphatic carbocycles. The molecule has 17 heavy (non-hydrogen) atoms. The Bertz CT molecular complexity index is 498. The van der Waals surface area contributed by atoms with E-state index in [4.69, 9.17) is 0 Å². The van der Waals surface area contributed by atoms with Crippen molar-refractivity contribution in [2.75, 3.05) is 11.9 Å². The van der Waals surface area contributed by atoms with Crippen LogP contribution in [0, 0.1) is 5.92 Å². The molecule has 1 amide bonds. The van der Waals surface area contributed by atoms with E-state index >= 15 is 0 Å². The maximum absolute atomic E-state index is 11.9. The van der Waals surface area contributed by atoms with Gasteiger partial charge in [0.15, 0.2) is 5.92 Å². The van der Waals surface area contributed by atoms with Crippen molar-refractivity contribution in [3.05, 3.63) is 24.0 Å². The fourth-order valence-corrected chi connectivity index (χ4v) is 1.60. The Hall–Kier alpha value is -2.24. The van der Waals surface area contributed by atoms with E-state index in [0.29, 0.717) is 5.69 Å². The molecule has 0 radical (unpaired) electrons. The minimum atomic E-state index is -1.45. The maximum atomic E-state index is 11.9. The average molecular weight is 234 g/mol. The Morgan fingerprint density at radius 1 is 1.53 bits per heavy atom. The molecule has 0 spiro atoms. The van der Waals surface area contributed by atoms with E-state index in [1.165, 1.54) is 6.20 Å². The van der Waals surface area contributed by atoms with Crippen molar-refractivity contribution >= 4 is 23.3 Å². The minimum Gasteiger partial charge on any atom is -0.465 e. The van der Waals surface area contributed by atoms with E-state index in [-0.39, 0.29) is 12.3 Å². The van der Waals surface area contributed by atoms with Crippen molar-refractivity contribution in [3.63, 3.8) is 0 Å². The maximum Gasteiger partial charge on any atom is 0.326 e. The van der Waals surface area contributed by atoms with Gasteiger partial charge in [-0.3, -0.25) is 19.4 Å². The summed E-state index contributed by atoms with van der Waals surface area (Å²) < 4.78 is 4.69. The van der Waals surface area contributed by atoms with Gasteiger partial charge in [-0.05, 0) is 19.1 Å². The van der Waals surface area contributed by atoms with Gasteiger partial charge in [0.05, 0.1) is 12.3 Å². The number of rotatable bonds is 2. The molecule has 2 heterocycles. The molecule has 1 aromatic heterocycles. The van der Waals surface area contributed by atoms with Crippen LogP contribution in [-0.4, -0.2) is 29.3 Å². The van der Waals surface area contributed by atoms with E-state index in [0.717, 1.165) is 0 Å². The summed E-state index contributed by atoms with van der Waals surface area (Å²) in [7, 11) is 0. The number of hydrogen-bond donors (Lipinski definition) is 1. The molecule has 1 aromatic rings. The number of hydrogen-bond acceptors (Lipinski definition) is 5. The quantitative estimate of drug-likeness (QED) is 0.591. The van der Waals surface area contributed by atoms with Gasteiger partial charge in [-0.15, -0.1) is 0 Å². The summed E-state index contributed by atoms with van der Waals surface area (Å²) in [6.45, 7) is 1.72. The zero-order valence-corrected chi connectivity index (χ0v) is 9.10. The zero-order valence-electron chi connectivity index (χ0n) is 9.10. The summed E-state index contributed by atoms with van der Waals surface area (Å²) in [5.41, 5.74) is 0.410. The van der Waals surface area contributed by atoms with Gasteiger partial charge >= 0.3 is 5.97 Å². The van der Waals surface area contributed by atoms with Crippen LogP contribution in [0.3, 0.4) is 0 Å². The van der Waals surface area contributed by atoms with Crippen molar-refractivity contribution in [3.8, 4) is 0 Å². The van der Waals surface area contributed by atoms with Gasteiger partial charge in [-0.1, -0.05) is 0 Å². The number of pyridine rings is 1. The molecular weight excluding hydrogens is 224 g/mol. The molecule has 6 heteroatoms. The number of aromatic nitrogens is 1. The monoisotopic (exact) mass is 234 g/mol. The van der Waals surface area contributed by atoms with Crippen LogP contribution in [0.15, 0.2) is 18.3 Å². The predicted octanol–water partition coefficient (Wildman–Crippen LogP) is 0.396. The van der Waals surface area contributed by atoms with Crippen molar-refractivity contribution in [1.29, 1.82) is 0 Å².